The molecule has 0 spiro atoms. The third-order valence-electron chi connectivity index (χ3n) is 3.61. The number of rotatable bonds is 5. The Kier molecular flexibility index (Phi) is 4.12. The van der Waals surface area contributed by atoms with Crippen LogP contribution in [0.15, 0.2) is 30.3 Å². The molecule has 1 aromatic rings. The van der Waals surface area contributed by atoms with E-state index in [1.807, 2.05) is 44.2 Å². The molecule has 0 bridgehead atoms. The molecule has 1 aliphatic rings. The van der Waals surface area contributed by atoms with Gasteiger partial charge in [-0.25, -0.2) is 4.79 Å². The van der Waals surface area contributed by atoms with Crippen LogP contribution in [0, 0.1) is 5.41 Å². The summed E-state index contributed by atoms with van der Waals surface area (Å²) in [6.45, 7) is 6.50. The van der Waals surface area contributed by atoms with Crippen molar-refractivity contribution in [2.45, 2.75) is 33.2 Å². The van der Waals surface area contributed by atoms with E-state index in [2.05, 4.69) is 0 Å². The van der Waals surface area contributed by atoms with E-state index < -0.39 is 6.04 Å². The van der Waals surface area contributed by atoms with Gasteiger partial charge in [0, 0.05) is 13.0 Å². The molecule has 0 N–H and O–H groups in total. The Balaban J connectivity index is 2.14. The first kappa shape index (κ1) is 14.6. The lowest BCUT2D eigenvalue weighted by atomic mass is 9.81. The van der Waals surface area contributed by atoms with Crippen LogP contribution in [-0.2, 0) is 20.7 Å². The van der Waals surface area contributed by atoms with Crippen molar-refractivity contribution in [2.24, 2.45) is 5.41 Å². The van der Waals surface area contributed by atoms with Gasteiger partial charge in [0.1, 0.15) is 6.04 Å². The maximum atomic E-state index is 12.1. The minimum Gasteiger partial charge on any atom is -0.464 e. The number of β-lactam (4-membered cyclic amide) rings is 1. The normalized spacial score (nSPS) is 18.4. The smallest absolute Gasteiger partial charge is 0.329 e. The molecule has 4 heteroatoms. The summed E-state index contributed by atoms with van der Waals surface area (Å²) < 4.78 is 5.12. The number of benzene rings is 1. The summed E-state index contributed by atoms with van der Waals surface area (Å²) >= 11 is 0. The van der Waals surface area contributed by atoms with E-state index in [9.17, 15) is 9.59 Å². The quantitative estimate of drug-likeness (QED) is 0.610. The van der Waals surface area contributed by atoms with Gasteiger partial charge in [-0.15, -0.1) is 0 Å². The van der Waals surface area contributed by atoms with Crippen LogP contribution in [0.4, 0.5) is 0 Å². The topological polar surface area (TPSA) is 46.6 Å². The van der Waals surface area contributed by atoms with Crippen LogP contribution in [-0.4, -0.2) is 36.0 Å². The Hall–Kier alpha value is -1.84. The third-order valence-corrected chi connectivity index (χ3v) is 3.61. The number of hydrogen-bond acceptors (Lipinski definition) is 3. The van der Waals surface area contributed by atoms with Crippen molar-refractivity contribution in [3.05, 3.63) is 35.9 Å². The Morgan fingerprint density at radius 3 is 2.50 bits per heavy atom. The molecule has 0 aliphatic carbocycles. The molecule has 108 valence electrons. The van der Waals surface area contributed by atoms with Crippen LogP contribution in [0.3, 0.4) is 0 Å². The van der Waals surface area contributed by atoms with E-state index in [0.717, 1.165) is 5.56 Å². The number of esters is 1. The van der Waals surface area contributed by atoms with Gasteiger partial charge in [-0.3, -0.25) is 4.79 Å². The largest absolute Gasteiger partial charge is 0.464 e. The highest BCUT2D eigenvalue weighted by Crippen LogP contribution is 2.33. The predicted octanol–water partition coefficient (Wildman–Crippen LogP) is 2.03. The van der Waals surface area contributed by atoms with Gasteiger partial charge in [0.05, 0.1) is 12.0 Å². The van der Waals surface area contributed by atoms with E-state index in [-0.39, 0.29) is 17.3 Å². The molecular formula is C16H21NO3. The molecule has 0 radical (unpaired) electrons. The van der Waals surface area contributed by atoms with Gasteiger partial charge < -0.3 is 9.64 Å². The van der Waals surface area contributed by atoms with Crippen LogP contribution in [0.25, 0.3) is 0 Å². The van der Waals surface area contributed by atoms with Crippen molar-refractivity contribution < 1.29 is 14.3 Å². The summed E-state index contributed by atoms with van der Waals surface area (Å²) in [5, 5.41) is 0. The molecule has 1 amide bonds. The lowest BCUT2D eigenvalue weighted by molar-refractivity contribution is -0.171. The second-order valence-corrected chi connectivity index (χ2v) is 5.77. The Labute approximate surface area is 119 Å². The Bertz CT molecular complexity index is 496. The molecule has 0 aromatic heterocycles. The van der Waals surface area contributed by atoms with Crippen molar-refractivity contribution in [1.82, 2.24) is 4.90 Å². The van der Waals surface area contributed by atoms with Gasteiger partial charge in [0.25, 0.3) is 0 Å². The molecule has 1 unspecified atom stereocenters. The third kappa shape index (κ3) is 2.84. The molecular weight excluding hydrogens is 254 g/mol. The van der Waals surface area contributed by atoms with Gasteiger partial charge in [0.2, 0.25) is 5.91 Å². The molecule has 20 heavy (non-hydrogen) atoms. The molecule has 2 rings (SSSR count). The predicted molar refractivity (Wildman–Crippen MR) is 76.1 cm³/mol. The SMILES string of the molecule is CCOC(=O)C(Cc1ccccc1)N1CC(C)(C)C1=O. The molecule has 1 aromatic carbocycles. The summed E-state index contributed by atoms with van der Waals surface area (Å²) in [6, 6.07) is 9.20. The molecule has 4 nitrogen and oxygen atoms in total. The second-order valence-electron chi connectivity index (χ2n) is 5.77. The number of likely N-dealkylation sites (tertiary alicyclic amines) is 1. The van der Waals surface area contributed by atoms with Crippen molar-refractivity contribution in [2.75, 3.05) is 13.2 Å². The molecule has 1 fully saturated rings. The summed E-state index contributed by atoms with van der Waals surface area (Å²) in [4.78, 5) is 25.9. The Morgan fingerprint density at radius 2 is 2.00 bits per heavy atom. The van der Waals surface area contributed by atoms with Crippen molar-refractivity contribution in [3.63, 3.8) is 0 Å². The first-order chi connectivity index (χ1) is 9.45. The lowest BCUT2D eigenvalue weighted by Gasteiger charge is -2.47. The molecule has 1 aliphatic heterocycles. The van der Waals surface area contributed by atoms with Gasteiger partial charge in [0.15, 0.2) is 0 Å². The van der Waals surface area contributed by atoms with Gasteiger partial charge in [-0.2, -0.15) is 0 Å². The Morgan fingerprint density at radius 1 is 1.35 bits per heavy atom. The summed E-state index contributed by atoms with van der Waals surface area (Å²) in [7, 11) is 0. The molecule has 0 saturated carbocycles. The number of ether oxygens (including phenoxy) is 1. The summed E-state index contributed by atoms with van der Waals surface area (Å²) in [5.41, 5.74) is 0.671. The van der Waals surface area contributed by atoms with E-state index >= 15 is 0 Å². The van der Waals surface area contributed by atoms with Gasteiger partial charge in [-0.05, 0) is 26.3 Å². The first-order valence-electron chi connectivity index (χ1n) is 6.97. The number of carbonyl (C=O) groups is 2. The fourth-order valence-electron chi connectivity index (χ4n) is 2.51. The zero-order valence-corrected chi connectivity index (χ0v) is 12.3. The standard InChI is InChI=1S/C16H21NO3/c1-4-20-14(18)13(10-12-8-6-5-7-9-12)17-11-16(2,3)15(17)19/h5-9,13H,4,10-11H2,1-3H3. The average molecular weight is 275 g/mol. The zero-order valence-electron chi connectivity index (χ0n) is 12.3. The summed E-state index contributed by atoms with van der Waals surface area (Å²) in [6.07, 6.45) is 0.501. The van der Waals surface area contributed by atoms with Crippen LogP contribution >= 0.6 is 0 Å². The van der Waals surface area contributed by atoms with E-state index in [1.54, 1.807) is 11.8 Å². The molecule has 1 heterocycles. The molecule has 1 atom stereocenters. The number of hydrogen-bond donors (Lipinski definition) is 0. The average Bonchev–Trinajstić information content (AvgIpc) is 2.44. The monoisotopic (exact) mass is 275 g/mol. The van der Waals surface area contributed by atoms with Crippen molar-refractivity contribution in [3.8, 4) is 0 Å². The van der Waals surface area contributed by atoms with Crippen molar-refractivity contribution >= 4 is 11.9 Å². The van der Waals surface area contributed by atoms with E-state index in [1.165, 1.54) is 0 Å². The number of nitrogens with zero attached hydrogens (tertiary/aromatic N) is 1. The first-order valence-corrected chi connectivity index (χ1v) is 6.97. The number of amides is 1. The minimum absolute atomic E-state index is 0.0199. The zero-order chi connectivity index (χ0) is 14.8. The highest BCUT2D eigenvalue weighted by Gasteiger charge is 2.49. The van der Waals surface area contributed by atoms with Gasteiger partial charge >= 0.3 is 5.97 Å². The van der Waals surface area contributed by atoms with E-state index in [4.69, 9.17) is 4.74 Å². The van der Waals surface area contributed by atoms with Crippen molar-refractivity contribution in [1.29, 1.82) is 0 Å². The summed E-state index contributed by atoms with van der Waals surface area (Å²) in [5.74, 6) is -0.299. The van der Waals surface area contributed by atoms with Crippen LogP contribution in [0.5, 0.6) is 0 Å². The maximum Gasteiger partial charge on any atom is 0.329 e. The maximum absolute atomic E-state index is 12.1. The highest BCUT2D eigenvalue weighted by atomic mass is 16.5. The lowest BCUT2D eigenvalue weighted by Crippen LogP contribution is -2.64. The highest BCUT2D eigenvalue weighted by molar-refractivity contribution is 5.92. The molecule has 1 saturated heterocycles. The second kappa shape index (κ2) is 5.65. The van der Waals surface area contributed by atoms with Crippen LogP contribution in [0.1, 0.15) is 26.3 Å². The number of carbonyl (C=O) groups excluding carboxylic acids is 2. The fraction of sp³-hybridized carbons (Fsp3) is 0.500. The van der Waals surface area contributed by atoms with Crippen LogP contribution in [0.2, 0.25) is 0 Å². The minimum atomic E-state index is -0.516. The van der Waals surface area contributed by atoms with Crippen LogP contribution < -0.4 is 0 Å². The van der Waals surface area contributed by atoms with E-state index in [0.29, 0.717) is 19.6 Å². The fourth-order valence-corrected chi connectivity index (χ4v) is 2.51. The van der Waals surface area contributed by atoms with Gasteiger partial charge in [-0.1, -0.05) is 30.3 Å².